The molecule has 1 unspecified atom stereocenters. The number of thioether (sulfide) groups is 1. The van der Waals surface area contributed by atoms with Gasteiger partial charge in [0.25, 0.3) is 0 Å². The van der Waals surface area contributed by atoms with E-state index in [1.54, 1.807) is 0 Å². The third-order valence-corrected chi connectivity index (χ3v) is 2.95. The molecule has 0 aromatic rings. The molecule has 0 aliphatic carbocycles. The first-order valence-electron chi connectivity index (χ1n) is 3.80. The van der Waals surface area contributed by atoms with Gasteiger partial charge >= 0.3 is 6.36 Å². The lowest BCUT2D eigenvalue weighted by atomic mass is 10.3. The summed E-state index contributed by atoms with van der Waals surface area (Å²) in [4.78, 5) is 0. The summed E-state index contributed by atoms with van der Waals surface area (Å²) >= 11 is 6.93. The second-order valence-corrected chi connectivity index (χ2v) is 4.09. The fraction of sp³-hybridized carbons (Fsp3) is 1.00. The number of alkyl halides is 4. The lowest BCUT2D eigenvalue weighted by molar-refractivity contribution is -0.322. The summed E-state index contributed by atoms with van der Waals surface area (Å²) in [5.74, 6) is 1.98. The molecular formula is C7H12ClF3OS. The van der Waals surface area contributed by atoms with Crippen molar-refractivity contribution in [1.29, 1.82) is 0 Å². The fourth-order valence-corrected chi connectivity index (χ4v) is 1.67. The summed E-state index contributed by atoms with van der Waals surface area (Å²) in [6.45, 7) is 1.66. The van der Waals surface area contributed by atoms with Gasteiger partial charge in [-0.15, -0.1) is 24.8 Å². The third kappa shape index (κ3) is 10.3. The van der Waals surface area contributed by atoms with Gasteiger partial charge in [0, 0.05) is 11.6 Å². The van der Waals surface area contributed by atoms with E-state index < -0.39 is 6.36 Å². The highest BCUT2D eigenvalue weighted by molar-refractivity contribution is 7.99. The van der Waals surface area contributed by atoms with Crippen LogP contribution in [0.2, 0.25) is 0 Å². The maximum absolute atomic E-state index is 11.5. The van der Waals surface area contributed by atoms with E-state index in [1.165, 1.54) is 11.8 Å². The Morgan fingerprint density at radius 2 is 2.08 bits per heavy atom. The molecule has 0 amide bonds. The lowest BCUT2D eigenvalue weighted by Gasteiger charge is -2.08. The minimum atomic E-state index is -4.50. The molecule has 0 aliphatic heterocycles. The van der Waals surface area contributed by atoms with Crippen molar-refractivity contribution in [3.63, 3.8) is 0 Å². The van der Waals surface area contributed by atoms with Crippen molar-refractivity contribution in [2.24, 2.45) is 5.92 Å². The molecule has 13 heavy (non-hydrogen) atoms. The van der Waals surface area contributed by atoms with Gasteiger partial charge in [-0.1, -0.05) is 6.92 Å². The highest BCUT2D eigenvalue weighted by atomic mass is 35.5. The molecule has 1 atom stereocenters. The van der Waals surface area contributed by atoms with Gasteiger partial charge in [-0.25, -0.2) is 0 Å². The maximum Gasteiger partial charge on any atom is 0.522 e. The molecule has 0 heterocycles. The Balaban J connectivity index is 3.18. The van der Waals surface area contributed by atoms with Crippen LogP contribution >= 0.6 is 23.4 Å². The van der Waals surface area contributed by atoms with Crippen LogP contribution in [0.1, 0.15) is 6.92 Å². The van der Waals surface area contributed by atoms with E-state index in [-0.39, 0.29) is 6.61 Å². The van der Waals surface area contributed by atoms with Gasteiger partial charge in [0.2, 0.25) is 0 Å². The van der Waals surface area contributed by atoms with E-state index >= 15 is 0 Å². The SMILES string of the molecule is CC(CCl)CSCCOC(F)(F)F. The van der Waals surface area contributed by atoms with Crippen molar-refractivity contribution in [1.82, 2.24) is 0 Å². The summed E-state index contributed by atoms with van der Waals surface area (Å²) in [6, 6.07) is 0. The van der Waals surface area contributed by atoms with Crippen molar-refractivity contribution < 1.29 is 17.9 Å². The molecule has 0 bridgehead atoms. The van der Waals surface area contributed by atoms with Crippen LogP contribution in [0.15, 0.2) is 0 Å². The second-order valence-electron chi connectivity index (χ2n) is 2.63. The zero-order chi connectivity index (χ0) is 10.3. The molecule has 0 aromatic heterocycles. The first-order chi connectivity index (χ1) is 5.95. The van der Waals surface area contributed by atoms with Gasteiger partial charge in [0.05, 0.1) is 6.61 Å². The summed E-state index contributed by atoms with van der Waals surface area (Å²) in [7, 11) is 0. The topological polar surface area (TPSA) is 9.23 Å². The van der Waals surface area contributed by atoms with Crippen LogP contribution in [0.3, 0.4) is 0 Å². The first-order valence-corrected chi connectivity index (χ1v) is 5.49. The maximum atomic E-state index is 11.5. The molecule has 0 aliphatic rings. The summed E-state index contributed by atoms with van der Waals surface area (Å²) < 4.78 is 38.0. The number of rotatable bonds is 6. The minimum absolute atomic E-state index is 0.289. The van der Waals surface area contributed by atoms with Crippen LogP contribution < -0.4 is 0 Å². The fourth-order valence-electron chi connectivity index (χ4n) is 0.545. The lowest BCUT2D eigenvalue weighted by Crippen LogP contribution is -2.15. The Kier molecular flexibility index (Phi) is 6.99. The van der Waals surface area contributed by atoms with E-state index in [4.69, 9.17) is 11.6 Å². The van der Waals surface area contributed by atoms with Crippen LogP contribution in [-0.2, 0) is 4.74 Å². The molecular weight excluding hydrogens is 225 g/mol. The van der Waals surface area contributed by atoms with Crippen molar-refractivity contribution in [3.8, 4) is 0 Å². The van der Waals surface area contributed by atoms with E-state index in [0.717, 1.165) is 5.75 Å². The molecule has 0 radical (unpaired) electrons. The zero-order valence-electron chi connectivity index (χ0n) is 7.23. The molecule has 0 aromatic carbocycles. The van der Waals surface area contributed by atoms with Crippen LogP contribution in [0.25, 0.3) is 0 Å². The van der Waals surface area contributed by atoms with Gasteiger partial charge < -0.3 is 0 Å². The van der Waals surface area contributed by atoms with Crippen LogP contribution in [0, 0.1) is 5.92 Å². The first kappa shape index (κ1) is 13.4. The number of ether oxygens (including phenoxy) is 1. The molecule has 0 fully saturated rings. The van der Waals surface area contributed by atoms with E-state index in [0.29, 0.717) is 17.6 Å². The highest BCUT2D eigenvalue weighted by Gasteiger charge is 2.28. The van der Waals surface area contributed by atoms with Crippen molar-refractivity contribution in [3.05, 3.63) is 0 Å². The van der Waals surface area contributed by atoms with Crippen molar-refractivity contribution >= 4 is 23.4 Å². The largest absolute Gasteiger partial charge is 0.522 e. The van der Waals surface area contributed by atoms with Gasteiger partial charge in [0.1, 0.15) is 0 Å². The third-order valence-electron chi connectivity index (χ3n) is 1.16. The Morgan fingerprint density at radius 1 is 1.46 bits per heavy atom. The van der Waals surface area contributed by atoms with Gasteiger partial charge in [0.15, 0.2) is 0 Å². The molecule has 0 N–H and O–H groups in total. The van der Waals surface area contributed by atoms with Gasteiger partial charge in [-0.2, -0.15) is 11.8 Å². The van der Waals surface area contributed by atoms with E-state index in [9.17, 15) is 13.2 Å². The van der Waals surface area contributed by atoms with Crippen LogP contribution in [0.5, 0.6) is 0 Å². The Bertz CT molecular complexity index is 131. The zero-order valence-corrected chi connectivity index (χ0v) is 8.81. The van der Waals surface area contributed by atoms with Crippen LogP contribution in [-0.4, -0.2) is 30.4 Å². The Labute approximate surface area is 85.0 Å². The number of hydrogen-bond donors (Lipinski definition) is 0. The molecule has 80 valence electrons. The van der Waals surface area contributed by atoms with E-state index in [1.807, 2.05) is 6.92 Å². The minimum Gasteiger partial charge on any atom is -0.291 e. The van der Waals surface area contributed by atoms with Crippen LogP contribution in [0.4, 0.5) is 13.2 Å². The Hall–Kier alpha value is 0.390. The van der Waals surface area contributed by atoms with Gasteiger partial charge in [-0.05, 0) is 11.7 Å². The standard InChI is InChI=1S/C7H12ClF3OS/c1-6(4-8)5-13-3-2-12-7(9,10)11/h6H,2-5H2,1H3. The number of halogens is 4. The number of hydrogen-bond acceptors (Lipinski definition) is 2. The predicted molar refractivity (Wildman–Crippen MR) is 49.2 cm³/mol. The molecule has 1 nitrogen and oxygen atoms in total. The summed E-state index contributed by atoms with van der Waals surface area (Å²) in [6.07, 6.45) is -4.50. The highest BCUT2D eigenvalue weighted by Crippen LogP contribution is 2.17. The average Bonchev–Trinajstić information content (AvgIpc) is 2.01. The molecule has 0 spiro atoms. The quantitative estimate of drug-likeness (QED) is 0.518. The molecule has 0 saturated heterocycles. The molecule has 0 saturated carbocycles. The summed E-state index contributed by atoms with van der Waals surface area (Å²) in [5.41, 5.74) is 0. The van der Waals surface area contributed by atoms with Crippen molar-refractivity contribution in [2.75, 3.05) is 24.0 Å². The molecule has 0 rings (SSSR count). The second kappa shape index (κ2) is 6.79. The molecule has 6 heteroatoms. The van der Waals surface area contributed by atoms with E-state index in [2.05, 4.69) is 4.74 Å². The summed E-state index contributed by atoms with van der Waals surface area (Å²) in [5, 5.41) is 0. The van der Waals surface area contributed by atoms with Gasteiger partial charge in [-0.3, -0.25) is 4.74 Å². The normalized spacial score (nSPS) is 14.5. The van der Waals surface area contributed by atoms with Crippen molar-refractivity contribution in [2.45, 2.75) is 13.3 Å². The smallest absolute Gasteiger partial charge is 0.291 e. The average molecular weight is 237 g/mol. The Morgan fingerprint density at radius 3 is 2.54 bits per heavy atom. The predicted octanol–water partition coefficient (Wildman–Crippen LogP) is 3.13. The monoisotopic (exact) mass is 236 g/mol.